The van der Waals surface area contributed by atoms with Crippen LogP contribution in [-0.4, -0.2) is 25.8 Å². The maximum absolute atomic E-state index is 13.1. The van der Waals surface area contributed by atoms with Crippen molar-refractivity contribution >= 4 is 11.9 Å². The van der Waals surface area contributed by atoms with Crippen molar-refractivity contribution in [2.75, 3.05) is 0 Å². The molecule has 3 aromatic rings. The summed E-state index contributed by atoms with van der Waals surface area (Å²) in [6.07, 6.45) is 1.56. The van der Waals surface area contributed by atoms with Crippen molar-refractivity contribution in [1.82, 2.24) is 19.6 Å². The Kier molecular flexibility index (Phi) is 4.39. The van der Waals surface area contributed by atoms with E-state index < -0.39 is 0 Å². The molecule has 0 fully saturated rings. The number of aliphatic imine (C=N–C) groups is 1. The second-order valence-corrected chi connectivity index (χ2v) is 5.86. The predicted octanol–water partition coefficient (Wildman–Crippen LogP) is 3.20. The van der Waals surface area contributed by atoms with Crippen molar-refractivity contribution in [3.05, 3.63) is 63.1 Å². The fraction of sp³-hybridized carbons (Fsp3) is 0.278. The van der Waals surface area contributed by atoms with E-state index in [0.29, 0.717) is 16.9 Å². The summed E-state index contributed by atoms with van der Waals surface area (Å²) in [5, 5.41) is 7.42. The molecule has 0 bridgehead atoms. The normalized spacial score (nSPS) is 11.6. The van der Waals surface area contributed by atoms with Gasteiger partial charge in [0.1, 0.15) is 11.5 Å². The van der Waals surface area contributed by atoms with Gasteiger partial charge in [-0.3, -0.25) is 19.6 Å². The van der Waals surface area contributed by atoms with Crippen LogP contribution in [0.25, 0.3) is 5.69 Å². The number of nitrogens with one attached hydrogen (secondary N) is 1. The van der Waals surface area contributed by atoms with Crippen LogP contribution in [0.5, 0.6) is 0 Å². The van der Waals surface area contributed by atoms with Crippen molar-refractivity contribution in [3.8, 4) is 5.69 Å². The molecule has 0 saturated heterocycles. The van der Waals surface area contributed by atoms with Gasteiger partial charge in [0, 0.05) is 18.5 Å². The number of aromatic amines is 1. The van der Waals surface area contributed by atoms with Gasteiger partial charge in [-0.2, -0.15) is 5.10 Å². The molecule has 2 heterocycles. The fourth-order valence-electron chi connectivity index (χ4n) is 2.79. The van der Waals surface area contributed by atoms with Gasteiger partial charge in [0.15, 0.2) is 0 Å². The summed E-state index contributed by atoms with van der Waals surface area (Å²) < 4.78 is 16.3. The average molecular weight is 341 g/mol. The summed E-state index contributed by atoms with van der Waals surface area (Å²) in [5.74, 6) is -0.347. The van der Waals surface area contributed by atoms with Gasteiger partial charge < -0.3 is 0 Å². The Morgan fingerprint density at radius 2 is 1.92 bits per heavy atom. The zero-order valence-electron chi connectivity index (χ0n) is 14.7. The molecule has 25 heavy (non-hydrogen) atoms. The van der Waals surface area contributed by atoms with Crippen LogP contribution in [0, 0.1) is 26.6 Å². The average Bonchev–Trinajstić information content (AvgIpc) is 3.03. The molecular weight excluding hydrogens is 321 g/mol. The molecular formula is C18H20FN5O. The van der Waals surface area contributed by atoms with Crippen LogP contribution in [0.2, 0.25) is 0 Å². The third-order valence-electron chi connectivity index (χ3n) is 4.17. The molecule has 130 valence electrons. The van der Waals surface area contributed by atoms with Crippen LogP contribution >= 0.6 is 0 Å². The van der Waals surface area contributed by atoms with Crippen LogP contribution < -0.4 is 5.56 Å². The smallest absolute Gasteiger partial charge is 0.280 e. The lowest BCUT2D eigenvalue weighted by molar-refractivity contribution is 0.627. The number of benzene rings is 1. The van der Waals surface area contributed by atoms with Crippen molar-refractivity contribution in [2.45, 2.75) is 34.2 Å². The minimum absolute atomic E-state index is 0.231. The molecule has 1 N–H and O–H groups in total. The van der Waals surface area contributed by atoms with Gasteiger partial charge in [0.25, 0.3) is 5.56 Å². The molecule has 0 amide bonds. The second kappa shape index (κ2) is 6.51. The van der Waals surface area contributed by atoms with E-state index in [0.717, 1.165) is 23.6 Å². The molecule has 0 atom stereocenters. The highest BCUT2D eigenvalue weighted by Crippen LogP contribution is 2.22. The van der Waals surface area contributed by atoms with Gasteiger partial charge >= 0.3 is 0 Å². The highest BCUT2D eigenvalue weighted by Gasteiger charge is 2.13. The van der Waals surface area contributed by atoms with Gasteiger partial charge in [-0.15, -0.1) is 0 Å². The Labute approximate surface area is 144 Å². The molecule has 0 aliphatic heterocycles. The van der Waals surface area contributed by atoms with Crippen molar-refractivity contribution in [3.63, 3.8) is 0 Å². The van der Waals surface area contributed by atoms with Gasteiger partial charge in [0.05, 0.1) is 22.6 Å². The Morgan fingerprint density at radius 3 is 2.52 bits per heavy atom. The third-order valence-corrected chi connectivity index (χ3v) is 4.17. The summed E-state index contributed by atoms with van der Waals surface area (Å²) in [7, 11) is 0. The zero-order chi connectivity index (χ0) is 18.1. The number of rotatable bonds is 4. The molecule has 7 heteroatoms. The Balaban J connectivity index is 2.01. The topological polar surface area (TPSA) is 68.0 Å². The van der Waals surface area contributed by atoms with Gasteiger partial charge in [-0.25, -0.2) is 9.07 Å². The first-order valence-electron chi connectivity index (χ1n) is 8.08. The number of aryl methyl sites for hydroxylation is 3. The Morgan fingerprint density at radius 1 is 1.24 bits per heavy atom. The number of H-pyrrole nitrogens is 1. The van der Waals surface area contributed by atoms with E-state index in [4.69, 9.17) is 0 Å². The minimum atomic E-state index is -0.347. The maximum Gasteiger partial charge on any atom is 0.280 e. The number of hydrogen-bond donors (Lipinski definition) is 1. The van der Waals surface area contributed by atoms with E-state index in [2.05, 4.69) is 15.2 Å². The van der Waals surface area contributed by atoms with Crippen molar-refractivity contribution in [1.29, 1.82) is 0 Å². The quantitative estimate of drug-likeness (QED) is 0.741. The van der Waals surface area contributed by atoms with E-state index in [1.165, 1.54) is 16.8 Å². The second-order valence-electron chi connectivity index (χ2n) is 5.86. The summed E-state index contributed by atoms with van der Waals surface area (Å²) in [6, 6.07) is 5.73. The molecule has 0 spiro atoms. The summed E-state index contributed by atoms with van der Waals surface area (Å²) in [4.78, 5) is 17.1. The lowest BCUT2D eigenvalue weighted by Gasteiger charge is -2.00. The first-order valence-corrected chi connectivity index (χ1v) is 8.08. The largest absolute Gasteiger partial charge is 0.295 e. The molecule has 0 saturated carbocycles. The van der Waals surface area contributed by atoms with E-state index in [1.54, 1.807) is 25.3 Å². The SMILES string of the molecule is CCn1nc(C)c(N=Cc2c(C)[nH]n(-c3ccc(F)cc3)c2=O)c1C. The molecule has 3 rings (SSSR count). The molecule has 0 aliphatic carbocycles. The molecule has 6 nitrogen and oxygen atoms in total. The van der Waals surface area contributed by atoms with Crippen LogP contribution in [-0.2, 0) is 6.54 Å². The van der Waals surface area contributed by atoms with Crippen molar-refractivity contribution in [2.24, 2.45) is 4.99 Å². The van der Waals surface area contributed by atoms with E-state index >= 15 is 0 Å². The van der Waals surface area contributed by atoms with E-state index in [9.17, 15) is 9.18 Å². The lowest BCUT2D eigenvalue weighted by Crippen LogP contribution is -2.17. The fourth-order valence-corrected chi connectivity index (χ4v) is 2.79. The van der Waals surface area contributed by atoms with Crippen LogP contribution in [0.4, 0.5) is 10.1 Å². The summed E-state index contributed by atoms with van der Waals surface area (Å²) in [5.41, 5.74) is 4.05. The zero-order valence-corrected chi connectivity index (χ0v) is 14.7. The predicted molar refractivity (Wildman–Crippen MR) is 95.7 cm³/mol. The minimum Gasteiger partial charge on any atom is -0.295 e. The maximum atomic E-state index is 13.1. The van der Waals surface area contributed by atoms with Crippen LogP contribution in [0.1, 0.15) is 29.6 Å². The first kappa shape index (κ1) is 16.9. The van der Waals surface area contributed by atoms with Gasteiger partial charge in [-0.05, 0) is 52.0 Å². The van der Waals surface area contributed by atoms with Gasteiger partial charge in [0.2, 0.25) is 0 Å². The van der Waals surface area contributed by atoms with Crippen LogP contribution in [0.3, 0.4) is 0 Å². The first-order chi connectivity index (χ1) is 11.9. The van der Waals surface area contributed by atoms with E-state index in [-0.39, 0.29) is 11.4 Å². The molecule has 0 aliphatic rings. The summed E-state index contributed by atoms with van der Waals surface area (Å²) in [6.45, 7) is 8.44. The number of halogens is 1. The lowest BCUT2D eigenvalue weighted by atomic mass is 10.2. The number of hydrogen-bond acceptors (Lipinski definition) is 3. The standard InChI is InChI=1S/C18H20FN5O/c1-5-23-13(4)17(12(3)21-23)20-10-16-11(2)22-24(18(16)25)15-8-6-14(19)7-9-15/h6-10,22H,5H2,1-4H3. The molecule has 0 unspecified atom stereocenters. The molecule has 2 aromatic heterocycles. The molecule has 1 aromatic carbocycles. The number of nitrogens with zero attached hydrogens (tertiary/aromatic N) is 4. The molecule has 0 radical (unpaired) electrons. The van der Waals surface area contributed by atoms with Crippen molar-refractivity contribution < 1.29 is 4.39 Å². The third kappa shape index (κ3) is 3.05. The Hall–Kier alpha value is -2.96. The highest BCUT2D eigenvalue weighted by atomic mass is 19.1. The Bertz CT molecular complexity index is 992. The van der Waals surface area contributed by atoms with Crippen LogP contribution in [0.15, 0.2) is 34.1 Å². The van der Waals surface area contributed by atoms with Gasteiger partial charge in [-0.1, -0.05) is 0 Å². The highest BCUT2D eigenvalue weighted by molar-refractivity contribution is 5.83. The number of aromatic nitrogens is 4. The van der Waals surface area contributed by atoms with E-state index in [1.807, 2.05) is 25.5 Å². The summed E-state index contributed by atoms with van der Waals surface area (Å²) >= 11 is 0. The monoisotopic (exact) mass is 341 g/mol.